The first-order valence-corrected chi connectivity index (χ1v) is 4.19. The molecule has 13 heavy (non-hydrogen) atoms. The van der Waals surface area contributed by atoms with Crippen molar-refractivity contribution < 1.29 is 14.2 Å². The molecule has 0 radical (unpaired) electrons. The molecule has 0 saturated heterocycles. The van der Waals surface area contributed by atoms with E-state index in [0.29, 0.717) is 0 Å². The maximum absolute atomic E-state index is 5.31. The van der Waals surface area contributed by atoms with Crippen LogP contribution < -0.4 is 4.74 Å². The third-order valence-electron chi connectivity index (χ3n) is 2.07. The van der Waals surface area contributed by atoms with Gasteiger partial charge in [-0.05, 0) is 19.1 Å². The van der Waals surface area contributed by atoms with Gasteiger partial charge in [0, 0.05) is 7.11 Å². The quantitative estimate of drug-likeness (QED) is 0.661. The lowest BCUT2D eigenvalue weighted by Gasteiger charge is -2.25. The number of methoxy groups -OCH3 is 1. The van der Waals surface area contributed by atoms with Crippen LogP contribution in [0.1, 0.15) is 17.4 Å². The van der Waals surface area contributed by atoms with Crippen LogP contribution in [0.2, 0.25) is 0 Å². The predicted molar refractivity (Wildman–Crippen MR) is 47.5 cm³/mol. The Labute approximate surface area is 77.2 Å². The van der Waals surface area contributed by atoms with E-state index >= 15 is 0 Å². The summed E-state index contributed by atoms with van der Waals surface area (Å²) in [6.07, 6.45) is -0.288. The monoisotopic (exact) mass is 180 g/mol. The van der Waals surface area contributed by atoms with Crippen molar-refractivity contribution in [3.8, 4) is 5.75 Å². The van der Waals surface area contributed by atoms with Crippen LogP contribution in [0, 0.1) is 6.92 Å². The normalized spacial score (nSPS) is 20.6. The van der Waals surface area contributed by atoms with Crippen molar-refractivity contribution in [3.05, 3.63) is 29.3 Å². The number of rotatable bonds is 1. The molecule has 1 atom stereocenters. The highest BCUT2D eigenvalue weighted by atomic mass is 16.8. The molecule has 1 heterocycles. The second-order valence-electron chi connectivity index (χ2n) is 3.04. The highest BCUT2D eigenvalue weighted by Crippen LogP contribution is 2.32. The van der Waals surface area contributed by atoms with E-state index in [4.69, 9.17) is 14.2 Å². The second-order valence-corrected chi connectivity index (χ2v) is 3.04. The Balaban J connectivity index is 2.41. The molecule has 0 aromatic heterocycles. The summed E-state index contributed by atoms with van der Waals surface area (Å²) in [5, 5.41) is 0. The maximum Gasteiger partial charge on any atom is 0.192 e. The van der Waals surface area contributed by atoms with Gasteiger partial charge in [-0.15, -0.1) is 0 Å². The van der Waals surface area contributed by atoms with Gasteiger partial charge in [0.2, 0.25) is 0 Å². The average molecular weight is 180 g/mol. The number of ether oxygens (including phenoxy) is 3. The lowest BCUT2D eigenvalue weighted by Crippen LogP contribution is -2.18. The largest absolute Gasteiger partial charge is 0.467 e. The molecule has 3 nitrogen and oxygen atoms in total. The van der Waals surface area contributed by atoms with Gasteiger partial charge < -0.3 is 14.2 Å². The number of hydrogen-bond donors (Lipinski definition) is 0. The van der Waals surface area contributed by atoms with Crippen molar-refractivity contribution >= 4 is 0 Å². The van der Waals surface area contributed by atoms with Gasteiger partial charge in [-0.1, -0.05) is 11.6 Å². The summed E-state index contributed by atoms with van der Waals surface area (Å²) in [6, 6.07) is 5.97. The van der Waals surface area contributed by atoms with Gasteiger partial charge in [0.05, 0.1) is 5.56 Å². The first kappa shape index (κ1) is 8.53. The smallest absolute Gasteiger partial charge is 0.192 e. The minimum atomic E-state index is -0.288. The lowest BCUT2D eigenvalue weighted by atomic mass is 10.1. The highest BCUT2D eigenvalue weighted by molar-refractivity contribution is 5.38. The molecule has 1 aliphatic rings. The fraction of sp³-hybridized carbons (Fsp3) is 0.400. The van der Waals surface area contributed by atoms with Crippen LogP contribution in [0.15, 0.2) is 18.2 Å². The molecule has 0 aliphatic carbocycles. The number of benzene rings is 1. The van der Waals surface area contributed by atoms with Gasteiger partial charge in [-0.25, -0.2) is 0 Å². The zero-order valence-electron chi connectivity index (χ0n) is 7.74. The van der Waals surface area contributed by atoms with Crippen LogP contribution >= 0.6 is 0 Å². The summed E-state index contributed by atoms with van der Waals surface area (Å²) in [6.45, 7) is 2.29. The molecule has 0 spiro atoms. The van der Waals surface area contributed by atoms with Crippen molar-refractivity contribution in [2.75, 3.05) is 13.9 Å². The lowest BCUT2D eigenvalue weighted by molar-refractivity contribution is -0.180. The summed E-state index contributed by atoms with van der Waals surface area (Å²) in [4.78, 5) is 0. The van der Waals surface area contributed by atoms with Gasteiger partial charge in [-0.3, -0.25) is 0 Å². The molecule has 2 rings (SSSR count). The van der Waals surface area contributed by atoms with E-state index in [-0.39, 0.29) is 13.1 Å². The number of aryl methyl sites for hydroxylation is 1. The van der Waals surface area contributed by atoms with Crippen LogP contribution in [-0.4, -0.2) is 13.9 Å². The van der Waals surface area contributed by atoms with Crippen LogP contribution in [0.25, 0.3) is 0 Å². The van der Waals surface area contributed by atoms with Gasteiger partial charge in [0.1, 0.15) is 5.75 Å². The molecule has 1 aliphatic heterocycles. The molecule has 0 saturated carbocycles. The molecule has 0 N–H and O–H groups in total. The Morgan fingerprint density at radius 3 is 3.08 bits per heavy atom. The number of hydrogen-bond acceptors (Lipinski definition) is 3. The van der Waals surface area contributed by atoms with E-state index < -0.39 is 0 Å². The summed E-state index contributed by atoms with van der Waals surface area (Å²) in [5.41, 5.74) is 2.14. The Morgan fingerprint density at radius 2 is 2.31 bits per heavy atom. The minimum Gasteiger partial charge on any atom is -0.467 e. The Morgan fingerprint density at radius 1 is 1.46 bits per heavy atom. The summed E-state index contributed by atoms with van der Waals surface area (Å²) in [5.74, 6) is 0.851. The van der Waals surface area contributed by atoms with Crippen LogP contribution in [-0.2, 0) is 9.47 Å². The van der Waals surface area contributed by atoms with E-state index in [2.05, 4.69) is 0 Å². The summed E-state index contributed by atoms with van der Waals surface area (Å²) >= 11 is 0. The van der Waals surface area contributed by atoms with Crippen molar-refractivity contribution in [2.24, 2.45) is 0 Å². The van der Waals surface area contributed by atoms with Crippen LogP contribution in [0.4, 0.5) is 0 Å². The molecule has 70 valence electrons. The van der Waals surface area contributed by atoms with Crippen molar-refractivity contribution in [2.45, 2.75) is 13.2 Å². The highest BCUT2D eigenvalue weighted by Gasteiger charge is 2.21. The molecule has 3 heteroatoms. The fourth-order valence-corrected chi connectivity index (χ4v) is 1.43. The zero-order valence-corrected chi connectivity index (χ0v) is 7.74. The molecule has 0 fully saturated rings. The SMILES string of the molecule is COC1OCOc2ccc(C)cc21. The first-order valence-electron chi connectivity index (χ1n) is 4.19. The van der Waals surface area contributed by atoms with E-state index in [1.807, 2.05) is 25.1 Å². The molecule has 0 bridgehead atoms. The fourth-order valence-electron chi connectivity index (χ4n) is 1.43. The number of fused-ring (bicyclic) bond motifs is 1. The van der Waals surface area contributed by atoms with Crippen LogP contribution in [0.5, 0.6) is 5.75 Å². The van der Waals surface area contributed by atoms with Gasteiger partial charge in [0.25, 0.3) is 0 Å². The van der Waals surface area contributed by atoms with Gasteiger partial charge >= 0.3 is 0 Å². The Kier molecular flexibility index (Phi) is 2.20. The van der Waals surface area contributed by atoms with Crippen LogP contribution in [0.3, 0.4) is 0 Å². The third-order valence-corrected chi connectivity index (χ3v) is 2.07. The molecule has 1 aromatic rings. The Bertz CT molecular complexity index is 309. The van der Waals surface area contributed by atoms with Gasteiger partial charge in [-0.2, -0.15) is 0 Å². The average Bonchev–Trinajstić information content (AvgIpc) is 2.17. The minimum absolute atomic E-state index is 0.258. The molecular weight excluding hydrogens is 168 g/mol. The van der Waals surface area contributed by atoms with E-state index in [0.717, 1.165) is 11.3 Å². The molecule has 1 aromatic carbocycles. The van der Waals surface area contributed by atoms with Gasteiger partial charge in [0.15, 0.2) is 13.1 Å². The third kappa shape index (κ3) is 1.53. The zero-order chi connectivity index (χ0) is 9.26. The van der Waals surface area contributed by atoms with E-state index in [1.165, 1.54) is 5.56 Å². The topological polar surface area (TPSA) is 27.7 Å². The Hall–Kier alpha value is -1.06. The second kappa shape index (κ2) is 3.36. The van der Waals surface area contributed by atoms with E-state index in [1.54, 1.807) is 7.11 Å². The summed E-state index contributed by atoms with van der Waals surface area (Å²) in [7, 11) is 1.63. The predicted octanol–water partition coefficient (Wildman–Crippen LogP) is 2.01. The van der Waals surface area contributed by atoms with Crippen molar-refractivity contribution in [3.63, 3.8) is 0 Å². The van der Waals surface area contributed by atoms with E-state index in [9.17, 15) is 0 Å². The molecular formula is C10H12O3. The molecule has 0 amide bonds. The molecule has 1 unspecified atom stereocenters. The van der Waals surface area contributed by atoms with Crippen molar-refractivity contribution in [1.29, 1.82) is 0 Å². The van der Waals surface area contributed by atoms with Crippen molar-refractivity contribution in [1.82, 2.24) is 0 Å². The standard InChI is InChI=1S/C10H12O3/c1-7-3-4-9-8(5-7)10(11-2)13-6-12-9/h3-5,10H,6H2,1-2H3. The first-order chi connectivity index (χ1) is 6.31. The summed E-state index contributed by atoms with van der Waals surface area (Å²) < 4.78 is 15.7. The maximum atomic E-state index is 5.31.